The highest BCUT2D eigenvalue weighted by atomic mass is 16.6. The molecule has 0 spiro atoms. The number of hydrogen-bond acceptors (Lipinski definition) is 7. The van der Waals surface area contributed by atoms with Crippen LogP contribution in [0.2, 0.25) is 0 Å². The Morgan fingerprint density at radius 2 is 1.91 bits per heavy atom. The molecule has 35 heavy (non-hydrogen) atoms. The van der Waals surface area contributed by atoms with Gasteiger partial charge in [-0.25, -0.2) is 14.8 Å². The van der Waals surface area contributed by atoms with Crippen molar-refractivity contribution < 1.29 is 14.5 Å². The number of nitrogens with one attached hydrogen (secondary N) is 2. The predicted molar refractivity (Wildman–Crippen MR) is 134 cm³/mol. The second-order valence-corrected chi connectivity index (χ2v) is 8.03. The topological polar surface area (TPSA) is 150 Å². The molecule has 0 unspecified atom stereocenters. The highest BCUT2D eigenvalue weighted by Crippen LogP contribution is 2.29. The Morgan fingerprint density at radius 1 is 1.14 bits per heavy atom. The zero-order valence-electron chi connectivity index (χ0n) is 19.4. The Bertz CT molecular complexity index is 1350. The number of nitrogens with zero attached hydrogens (tertiary/aromatic N) is 4. The van der Waals surface area contributed by atoms with Crippen LogP contribution in [0.3, 0.4) is 0 Å². The lowest BCUT2D eigenvalue weighted by Gasteiger charge is -2.11. The number of carbonyl (C=O) groups excluding carboxylic acids is 1. The maximum absolute atomic E-state index is 12.1. The van der Waals surface area contributed by atoms with Gasteiger partial charge in [-0.2, -0.15) is 0 Å². The molecule has 0 saturated heterocycles. The summed E-state index contributed by atoms with van der Waals surface area (Å²) in [4.78, 5) is 31.7. The highest BCUT2D eigenvalue weighted by molar-refractivity contribution is 6.06. The minimum absolute atomic E-state index is 0.0295. The Balaban J connectivity index is 1.39. The number of nitrogen functional groups attached to an aromatic ring is 1. The number of ether oxygens (including phenoxy) is 1. The molecule has 0 saturated carbocycles. The SMILES string of the molecule is COCCc1nc2c(N)nc3ccccc3c2n1CCCCNC(=O)Nc1ccc([N+](=O)[O-])cc1. The standard InChI is InChI=1S/C24H27N7O4/c1-35-15-12-20-29-21-22(18-6-2-3-7-19(18)28-23(21)25)30(20)14-5-4-13-26-24(32)27-16-8-10-17(11-9-16)31(33)34/h2-3,6-11H,4-5,12-15H2,1H3,(H2,25,28)(H2,26,27,32). The first-order valence-corrected chi connectivity index (χ1v) is 11.3. The van der Waals surface area contributed by atoms with Crippen LogP contribution >= 0.6 is 0 Å². The number of anilines is 2. The normalized spacial score (nSPS) is 11.1. The van der Waals surface area contributed by atoms with E-state index in [1.54, 1.807) is 7.11 Å². The molecule has 0 aliphatic heterocycles. The Labute approximate surface area is 201 Å². The van der Waals surface area contributed by atoms with Crippen LogP contribution in [0.4, 0.5) is 22.0 Å². The lowest BCUT2D eigenvalue weighted by Crippen LogP contribution is -2.29. The molecule has 4 aromatic rings. The number of non-ortho nitro benzene ring substituents is 1. The van der Waals surface area contributed by atoms with Gasteiger partial charge in [-0.05, 0) is 31.0 Å². The number of amides is 2. The third-order valence-corrected chi connectivity index (χ3v) is 5.65. The Kier molecular flexibility index (Phi) is 7.36. The summed E-state index contributed by atoms with van der Waals surface area (Å²) in [5.74, 6) is 1.29. The zero-order valence-corrected chi connectivity index (χ0v) is 19.4. The fourth-order valence-electron chi connectivity index (χ4n) is 3.97. The molecule has 4 N–H and O–H groups in total. The molecule has 182 valence electrons. The summed E-state index contributed by atoms with van der Waals surface area (Å²) in [6, 6.07) is 13.2. The van der Waals surface area contributed by atoms with Gasteiger partial charge in [-0.15, -0.1) is 0 Å². The van der Waals surface area contributed by atoms with Gasteiger partial charge in [0, 0.05) is 49.8 Å². The first-order valence-electron chi connectivity index (χ1n) is 11.3. The van der Waals surface area contributed by atoms with Crippen molar-refractivity contribution in [3.63, 3.8) is 0 Å². The molecule has 0 radical (unpaired) electrons. The minimum Gasteiger partial charge on any atom is -0.384 e. The number of benzene rings is 2. The molecule has 2 heterocycles. The number of nitrogens with two attached hydrogens (primary N) is 1. The Morgan fingerprint density at radius 3 is 2.66 bits per heavy atom. The molecule has 0 aliphatic carbocycles. The van der Waals surface area contributed by atoms with Crippen LogP contribution in [0, 0.1) is 10.1 Å². The van der Waals surface area contributed by atoms with Crippen LogP contribution in [0.5, 0.6) is 0 Å². The number of nitro benzene ring substituents is 1. The van der Waals surface area contributed by atoms with Crippen molar-refractivity contribution in [1.82, 2.24) is 19.9 Å². The summed E-state index contributed by atoms with van der Waals surface area (Å²) in [6.45, 7) is 1.72. The number of urea groups is 1. The fourth-order valence-corrected chi connectivity index (χ4v) is 3.97. The predicted octanol–water partition coefficient (Wildman–Crippen LogP) is 3.87. The second-order valence-electron chi connectivity index (χ2n) is 8.03. The summed E-state index contributed by atoms with van der Waals surface area (Å²) < 4.78 is 7.44. The first-order chi connectivity index (χ1) is 17.0. The third-order valence-electron chi connectivity index (χ3n) is 5.65. The number of hydrogen-bond donors (Lipinski definition) is 3. The van der Waals surface area contributed by atoms with Crippen molar-refractivity contribution in [3.05, 3.63) is 64.5 Å². The summed E-state index contributed by atoms with van der Waals surface area (Å²) in [6.07, 6.45) is 2.20. The number of pyridine rings is 1. The van der Waals surface area contributed by atoms with E-state index in [9.17, 15) is 14.9 Å². The molecule has 11 heteroatoms. The maximum Gasteiger partial charge on any atom is 0.319 e. The van der Waals surface area contributed by atoms with Crippen LogP contribution in [0.15, 0.2) is 48.5 Å². The van der Waals surface area contributed by atoms with Crippen molar-refractivity contribution in [2.75, 3.05) is 31.3 Å². The van der Waals surface area contributed by atoms with Gasteiger partial charge in [0.1, 0.15) is 11.3 Å². The first kappa shape index (κ1) is 23.9. The van der Waals surface area contributed by atoms with E-state index in [1.165, 1.54) is 24.3 Å². The van der Waals surface area contributed by atoms with E-state index in [2.05, 4.69) is 20.2 Å². The second kappa shape index (κ2) is 10.8. The van der Waals surface area contributed by atoms with Gasteiger partial charge in [-0.1, -0.05) is 18.2 Å². The summed E-state index contributed by atoms with van der Waals surface area (Å²) >= 11 is 0. The molecular weight excluding hydrogens is 450 g/mol. The van der Waals surface area contributed by atoms with Gasteiger partial charge in [0.2, 0.25) is 0 Å². The molecule has 2 amide bonds. The number of imidazole rings is 1. The number of carbonyl (C=O) groups is 1. The van der Waals surface area contributed by atoms with E-state index in [0.29, 0.717) is 43.1 Å². The summed E-state index contributed by atoms with van der Waals surface area (Å²) in [7, 11) is 1.66. The van der Waals surface area contributed by atoms with Crippen LogP contribution < -0.4 is 16.4 Å². The number of aryl methyl sites for hydroxylation is 1. The lowest BCUT2D eigenvalue weighted by molar-refractivity contribution is -0.384. The van der Waals surface area contributed by atoms with Crippen LogP contribution in [0.25, 0.3) is 21.9 Å². The number of para-hydroxylation sites is 1. The molecule has 0 fully saturated rings. The number of nitro groups is 1. The monoisotopic (exact) mass is 477 g/mol. The molecule has 0 atom stereocenters. The maximum atomic E-state index is 12.1. The van der Waals surface area contributed by atoms with Gasteiger partial charge in [-0.3, -0.25) is 10.1 Å². The Hall–Kier alpha value is -4.25. The number of unbranched alkanes of at least 4 members (excludes halogenated alkanes) is 1. The molecule has 2 aromatic heterocycles. The number of aromatic nitrogens is 3. The van der Waals surface area contributed by atoms with Crippen LogP contribution in [0.1, 0.15) is 18.7 Å². The molecule has 4 rings (SSSR count). The highest BCUT2D eigenvalue weighted by Gasteiger charge is 2.17. The summed E-state index contributed by atoms with van der Waals surface area (Å²) in [5, 5.41) is 17.2. The van der Waals surface area contributed by atoms with E-state index >= 15 is 0 Å². The van der Waals surface area contributed by atoms with Crippen molar-refractivity contribution >= 4 is 45.2 Å². The van der Waals surface area contributed by atoms with Gasteiger partial charge in [0.25, 0.3) is 5.69 Å². The quantitative estimate of drug-likeness (QED) is 0.178. The van der Waals surface area contributed by atoms with Gasteiger partial charge >= 0.3 is 6.03 Å². The van der Waals surface area contributed by atoms with Crippen molar-refractivity contribution in [3.8, 4) is 0 Å². The average Bonchev–Trinajstić information content (AvgIpc) is 3.22. The summed E-state index contributed by atoms with van der Waals surface area (Å²) in [5.41, 5.74) is 9.15. The molecule has 11 nitrogen and oxygen atoms in total. The number of methoxy groups -OCH3 is 1. The van der Waals surface area contributed by atoms with Gasteiger partial charge in [0.15, 0.2) is 5.82 Å². The largest absolute Gasteiger partial charge is 0.384 e. The smallest absolute Gasteiger partial charge is 0.319 e. The van der Waals surface area contributed by atoms with Crippen molar-refractivity contribution in [2.24, 2.45) is 0 Å². The van der Waals surface area contributed by atoms with E-state index in [-0.39, 0.29) is 11.7 Å². The van der Waals surface area contributed by atoms with E-state index < -0.39 is 4.92 Å². The van der Waals surface area contributed by atoms with Crippen molar-refractivity contribution in [2.45, 2.75) is 25.8 Å². The molecule has 0 bridgehead atoms. The minimum atomic E-state index is -0.484. The van der Waals surface area contributed by atoms with Crippen molar-refractivity contribution in [1.29, 1.82) is 0 Å². The zero-order chi connectivity index (χ0) is 24.8. The van der Waals surface area contributed by atoms with Crippen LogP contribution in [-0.2, 0) is 17.7 Å². The lowest BCUT2D eigenvalue weighted by atomic mass is 10.2. The van der Waals surface area contributed by atoms with Crippen LogP contribution in [-0.4, -0.2) is 45.8 Å². The fraction of sp³-hybridized carbons (Fsp3) is 0.292. The third kappa shape index (κ3) is 5.46. The molecule has 0 aliphatic rings. The molecular formula is C24H27N7O4. The number of rotatable bonds is 10. The van der Waals surface area contributed by atoms with Gasteiger partial charge < -0.3 is 25.7 Å². The van der Waals surface area contributed by atoms with Gasteiger partial charge in [0.05, 0.1) is 22.6 Å². The van der Waals surface area contributed by atoms with E-state index in [1.807, 2.05) is 24.3 Å². The van der Waals surface area contributed by atoms with E-state index in [0.717, 1.165) is 35.1 Å². The van der Waals surface area contributed by atoms with E-state index in [4.69, 9.17) is 15.5 Å². The number of fused-ring (bicyclic) bond motifs is 3. The molecule has 2 aromatic carbocycles. The average molecular weight is 478 g/mol.